The summed E-state index contributed by atoms with van der Waals surface area (Å²) in [5.41, 5.74) is 1.10. The highest BCUT2D eigenvalue weighted by Gasteiger charge is 2.34. The number of hydrogen-bond donors (Lipinski definition) is 1. The molecule has 1 N–H and O–H groups in total. The van der Waals surface area contributed by atoms with Crippen molar-refractivity contribution in [3.8, 4) is 0 Å². The minimum atomic E-state index is 0.0126. The van der Waals surface area contributed by atoms with Gasteiger partial charge in [-0.05, 0) is 31.7 Å². The Labute approximate surface area is 127 Å². The average Bonchev–Trinajstić information content (AvgIpc) is 2.93. The molecule has 2 unspecified atom stereocenters. The van der Waals surface area contributed by atoms with E-state index in [1.807, 2.05) is 13.1 Å². The van der Waals surface area contributed by atoms with Crippen LogP contribution in [-0.2, 0) is 11.2 Å². The Morgan fingerprint density at radius 3 is 3.05 bits per heavy atom. The normalized spacial score (nSPS) is 26.1. The summed E-state index contributed by atoms with van der Waals surface area (Å²) < 4.78 is 6.04. The molecule has 0 spiro atoms. The standard InChI is InChI=1S/C16H26N4O/c1-11(2)7-12-8-15(17-3)19-16(18-12)14-9-20-6-4-5-13(20)10-21-14/h8,11,13-14H,4-7,9-10H2,1-3H3,(H,17,18,19). The van der Waals surface area contributed by atoms with Crippen molar-refractivity contribution in [2.45, 2.75) is 45.3 Å². The van der Waals surface area contributed by atoms with E-state index in [-0.39, 0.29) is 6.10 Å². The van der Waals surface area contributed by atoms with E-state index < -0.39 is 0 Å². The maximum Gasteiger partial charge on any atom is 0.161 e. The highest BCUT2D eigenvalue weighted by Crippen LogP contribution is 2.29. The first kappa shape index (κ1) is 14.7. The van der Waals surface area contributed by atoms with E-state index in [1.165, 1.54) is 19.4 Å². The molecule has 2 fully saturated rings. The topological polar surface area (TPSA) is 50.3 Å². The molecule has 2 saturated heterocycles. The molecule has 0 bridgehead atoms. The molecule has 0 saturated carbocycles. The van der Waals surface area contributed by atoms with E-state index in [1.54, 1.807) is 0 Å². The first-order valence-corrected chi connectivity index (χ1v) is 8.07. The van der Waals surface area contributed by atoms with Crippen LogP contribution in [0.5, 0.6) is 0 Å². The van der Waals surface area contributed by atoms with Crippen LogP contribution in [0.2, 0.25) is 0 Å². The highest BCUT2D eigenvalue weighted by atomic mass is 16.5. The first-order valence-electron chi connectivity index (χ1n) is 8.07. The van der Waals surface area contributed by atoms with Gasteiger partial charge in [0.05, 0.1) is 6.61 Å². The van der Waals surface area contributed by atoms with Gasteiger partial charge in [-0.2, -0.15) is 0 Å². The van der Waals surface area contributed by atoms with Crippen LogP contribution in [0.1, 0.15) is 44.3 Å². The molecule has 0 aliphatic carbocycles. The Morgan fingerprint density at radius 2 is 2.29 bits per heavy atom. The fourth-order valence-electron chi connectivity index (χ4n) is 3.29. The Balaban J connectivity index is 1.80. The molecule has 2 aliphatic rings. The SMILES string of the molecule is CNc1cc(CC(C)C)nc(C2CN3CCCC3CO2)n1. The van der Waals surface area contributed by atoms with E-state index in [4.69, 9.17) is 9.72 Å². The average molecular weight is 290 g/mol. The summed E-state index contributed by atoms with van der Waals surface area (Å²) in [5.74, 6) is 2.32. The summed E-state index contributed by atoms with van der Waals surface area (Å²) in [6.07, 6.45) is 3.54. The third-order valence-corrected chi connectivity index (χ3v) is 4.35. The van der Waals surface area contributed by atoms with Crippen molar-refractivity contribution >= 4 is 5.82 Å². The number of nitrogens with zero attached hydrogens (tertiary/aromatic N) is 3. The lowest BCUT2D eigenvalue weighted by Crippen LogP contribution is -2.43. The van der Waals surface area contributed by atoms with Crippen LogP contribution >= 0.6 is 0 Å². The number of nitrogens with one attached hydrogen (secondary N) is 1. The Bertz CT molecular complexity index is 491. The molecule has 2 aliphatic heterocycles. The zero-order valence-electron chi connectivity index (χ0n) is 13.3. The van der Waals surface area contributed by atoms with E-state index in [0.29, 0.717) is 12.0 Å². The summed E-state index contributed by atoms with van der Waals surface area (Å²) in [6.45, 7) is 7.37. The molecule has 5 nitrogen and oxygen atoms in total. The summed E-state index contributed by atoms with van der Waals surface area (Å²) in [7, 11) is 1.91. The fourth-order valence-corrected chi connectivity index (χ4v) is 3.29. The third kappa shape index (κ3) is 3.35. The maximum atomic E-state index is 6.04. The monoisotopic (exact) mass is 290 g/mol. The van der Waals surface area contributed by atoms with Crippen molar-refractivity contribution in [3.63, 3.8) is 0 Å². The molecular formula is C16H26N4O. The zero-order valence-corrected chi connectivity index (χ0v) is 13.3. The van der Waals surface area contributed by atoms with Gasteiger partial charge in [0.2, 0.25) is 0 Å². The van der Waals surface area contributed by atoms with Crippen molar-refractivity contribution in [2.75, 3.05) is 32.1 Å². The van der Waals surface area contributed by atoms with Gasteiger partial charge in [0.15, 0.2) is 5.82 Å². The lowest BCUT2D eigenvalue weighted by atomic mass is 10.1. The number of anilines is 1. The third-order valence-electron chi connectivity index (χ3n) is 4.35. The van der Waals surface area contributed by atoms with Crippen molar-refractivity contribution in [3.05, 3.63) is 17.6 Å². The van der Waals surface area contributed by atoms with Crippen LogP contribution in [0.25, 0.3) is 0 Å². The van der Waals surface area contributed by atoms with Gasteiger partial charge in [0, 0.05) is 31.4 Å². The van der Waals surface area contributed by atoms with Gasteiger partial charge < -0.3 is 10.1 Å². The van der Waals surface area contributed by atoms with Gasteiger partial charge in [-0.3, -0.25) is 4.90 Å². The van der Waals surface area contributed by atoms with E-state index in [9.17, 15) is 0 Å². The Kier molecular flexibility index (Phi) is 4.40. The number of morpholine rings is 1. The minimum Gasteiger partial charge on any atom is -0.373 e. The predicted octanol–water partition coefficient (Wildman–Crippen LogP) is 2.25. The van der Waals surface area contributed by atoms with Crippen LogP contribution in [0.15, 0.2) is 6.07 Å². The highest BCUT2D eigenvalue weighted by molar-refractivity contribution is 5.35. The van der Waals surface area contributed by atoms with Crippen molar-refractivity contribution in [2.24, 2.45) is 5.92 Å². The number of hydrogen-bond acceptors (Lipinski definition) is 5. The van der Waals surface area contributed by atoms with E-state index in [2.05, 4.69) is 29.0 Å². The Hall–Kier alpha value is -1.20. The molecule has 3 rings (SSSR count). The molecule has 1 aromatic heterocycles. The van der Waals surface area contributed by atoms with Crippen LogP contribution < -0.4 is 5.32 Å². The summed E-state index contributed by atoms with van der Waals surface area (Å²) in [4.78, 5) is 11.9. The number of ether oxygens (including phenoxy) is 1. The number of aromatic nitrogens is 2. The zero-order chi connectivity index (χ0) is 14.8. The predicted molar refractivity (Wildman–Crippen MR) is 83.4 cm³/mol. The second-order valence-electron chi connectivity index (χ2n) is 6.56. The van der Waals surface area contributed by atoms with Crippen molar-refractivity contribution in [1.82, 2.24) is 14.9 Å². The second-order valence-corrected chi connectivity index (χ2v) is 6.56. The molecule has 0 amide bonds. The lowest BCUT2D eigenvalue weighted by Gasteiger charge is -2.34. The number of fused-ring (bicyclic) bond motifs is 1. The summed E-state index contributed by atoms with van der Waals surface area (Å²) in [5, 5.41) is 3.15. The fraction of sp³-hybridized carbons (Fsp3) is 0.750. The molecule has 2 atom stereocenters. The van der Waals surface area contributed by atoms with Gasteiger partial charge in [-0.15, -0.1) is 0 Å². The molecule has 1 aromatic rings. The molecule has 3 heterocycles. The molecule has 5 heteroatoms. The molecule has 0 radical (unpaired) electrons. The van der Waals surface area contributed by atoms with Crippen LogP contribution in [0.4, 0.5) is 5.82 Å². The molecule has 0 aromatic carbocycles. The van der Waals surface area contributed by atoms with Gasteiger partial charge in [-0.1, -0.05) is 13.8 Å². The quantitative estimate of drug-likeness (QED) is 0.921. The van der Waals surface area contributed by atoms with Crippen molar-refractivity contribution in [1.29, 1.82) is 0 Å². The summed E-state index contributed by atoms with van der Waals surface area (Å²) >= 11 is 0. The first-order chi connectivity index (χ1) is 10.2. The Morgan fingerprint density at radius 1 is 1.43 bits per heavy atom. The van der Waals surface area contributed by atoms with Gasteiger partial charge >= 0.3 is 0 Å². The largest absolute Gasteiger partial charge is 0.373 e. The minimum absolute atomic E-state index is 0.0126. The van der Waals surface area contributed by atoms with E-state index >= 15 is 0 Å². The number of rotatable bonds is 4. The van der Waals surface area contributed by atoms with Crippen molar-refractivity contribution < 1.29 is 4.74 Å². The van der Waals surface area contributed by atoms with E-state index in [0.717, 1.165) is 36.9 Å². The second kappa shape index (κ2) is 6.28. The lowest BCUT2D eigenvalue weighted by molar-refractivity contribution is -0.0541. The molecular weight excluding hydrogens is 264 g/mol. The van der Waals surface area contributed by atoms with Crippen LogP contribution in [0.3, 0.4) is 0 Å². The van der Waals surface area contributed by atoms with Gasteiger partial charge in [-0.25, -0.2) is 9.97 Å². The maximum absolute atomic E-state index is 6.04. The van der Waals surface area contributed by atoms with Gasteiger partial charge in [0.25, 0.3) is 0 Å². The molecule has 21 heavy (non-hydrogen) atoms. The van der Waals surface area contributed by atoms with Crippen LogP contribution in [0, 0.1) is 5.92 Å². The van der Waals surface area contributed by atoms with Gasteiger partial charge in [0.1, 0.15) is 11.9 Å². The van der Waals surface area contributed by atoms with Crippen LogP contribution in [-0.4, -0.2) is 47.7 Å². The molecule has 116 valence electrons. The smallest absolute Gasteiger partial charge is 0.161 e. The summed E-state index contributed by atoms with van der Waals surface area (Å²) in [6, 6.07) is 2.66.